The summed E-state index contributed by atoms with van der Waals surface area (Å²) in [4.78, 5) is 42.2. The van der Waals surface area contributed by atoms with E-state index in [0.29, 0.717) is 34.2 Å². The van der Waals surface area contributed by atoms with Crippen molar-refractivity contribution in [1.82, 2.24) is 24.4 Å². The largest absolute Gasteiger partial charge is 0.383 e. The molecule has 1 aliphatic carbocycles. The maximum Gasteiger partial charge on any atom is 0.248 e. The Morgan fingerprint density at radius 2 is 1.82 bits per heavy atom. The van der Waals surface area contributed by atoms with Crippen LogP contribution in [0, 0.1) is 5.92 Å². The lowest BCUT2D eigenvalue weighted by molar-refractivity contribution is -0.138. The molecule has 3 atom stereocenters. The number of nitrogens with one attached hydrogen (secondary N) is 1. The van der Waals surface area contributed by atoms with Crippen molar-refractivity contribution in [1.29, 1.82) is 0 Å². The summed E-state index contributed by atoms with van der Waals surface area (Å²) < 4.78 is 2.55. The molecule has 1 aliphatic heterocycles. The number of hydrogen-bond acceptors (Lipinski definition) is 6. The second kappa shape index (κ2) is 9.16. The Balaban J connectivity index is 1.28. The van der Waals surface area contributed by atoms with Gasteiger partial charge >= 0.3 is 0 Å². The molecule has 1 saturated carbocycles. The first-order valence-electron chi connectivity index (χ1n) is 12.8. The lowest BCUT2D eigenvalue weighted by atomic mass is 10.0. The standard InChI is InChI=1S/C29H24BrN7O2/c30-22-10-5-11-23(34-22)35-29(39)21-13-17-12-20(17)37(21)24(38)14-36-26-18(16-6-2-1-3-7-16)8-4-9-19(26)25-27(31)32-15-33-28(25)36/h1-11,15,17,20-21H,12-14H2,(H2,31,32,33)(H,34,35,39)/t17-,20?,21+/m1/s1. The minimum atomic E-state index is -0.552. The minimum absolute atomic E-state index is 0.0302. The van der Waals surface area contributed by atoms with Gasteiger partial charge in [-0.25, -0.2) is 15.0 Å². The summed E-state index contributed by atoms with van der Waals surface area (Å²) in [6, 6.07) is 20.9. The Morgan fingerprint density at radius 3 is 2.64 bits per heavy atom. The van der Waals surface area contributed by atoms with Gasteiger partial charge in [0.25, 0.3) is 0 Å². The van der Waals surface area contributed by atoms with Crippen molar-refractivity contribution >= 4 is 61.3 Å². The number of carbonyl (C=O) groups excluding carboxylic acids is 2. The summed E-state index contributed by atoms with van der Waals surface area (Å²) in [5.41, 5.74) is 9.79. The van der Waals surface area contributed by atoms with Crippen molar-refractivity contribution in [2.45, 2.75) is 31.5 Å². The summed E-state index contributed by atoms with van der Waals surface area (Å²) in [5, 5.41) is 4.50. The molecule has 2 amide bonds. The molecule has 194 valence electrons. The third-order valence-corrected chi connectivity index (χ3v) is 8.17. The molecule has 39 heavy (non-hydrogen) atoms. The van der Waals surface area contributed by atoms with Crippen LogP contribution in [0.2, 0.25) is 0 Å². The number of nitrogen functional groups attached to an aromatic ring is 1. The lowest BCUT2D eigenvalue weighted by Gasteiger charge is -2.27. The lowest BCUT2D eigenvalue weighted by Crippen LogP contribution is -2.46. The number of amides is 2. The molecular weight excluding hydrogens is 558 g/mol. The van der Waals surface area contributed by atoms with Crippen molar-refractivity contribution in [2.75, 3.05) is 11.1 Å². The molecule has 1 saturated heterocycles. The van der Waals surface area contributed by atoms with E-state index in [1.54, 1.807) is 17.0 Å². The molecule has 5 aromatic rings. The van der Waals surface area contributed by atoms with Crippen molar-refractivity contribution in [3.8, 4) is 11.1 Å². The van der Waals surface area contributed by atoms with Crippen LogP contribution in [0.5, 0.6) is 0 Å². The highest BCUT2D eigenvalue weighted by Gasteiger charge is 2.56. The molecule has 7 rings (SSSR count). The number of para-hydroxylation sites is 1. The highest BCUT2D eigenvalue weighted by atomic mass is 79.9. The summed E-state index contributed by atoms with van der Waals surface area (Å²) in [6.07, 6.45) is 2.99. The number of pyridine rings is 1. The fourth-order valence-electron chi connectivity index (χ4n) is 5.95. The number of piperidine rings is 1. The van der Waals surface area contributed by atoms with Gasteiger partial charge in [-0.2, -0.15) is 0 Å². The van der Waals surface area contributed by atoms with E-state index in [0.717, 1.165) is 33.8 Å². The summed E-state index contributed by atoms with van der Waals surface area (Å²) in [6.45, 7) is 0.0302. The van der Waals surface area contributed by atoms with Gasteiger partial charge in [0, 0.05) is 17.0 Å². The number of nitrogens with zero attached hydrogens (tertiary/aromatic N) is 5. The number of benzene rings is 2. The number of nitrogens with two attached hydrogens (primary N) is 1. The number of fused-ring (bicyclic) bond motifs is 4. The maximum absolute atomic E-state index is 14.0. The van der Waals surface area contributed by atoms with Gasteiger partial charge in [0.05, 0.1) is 10.9 Å². The third kappa shape index (κ3) is 4.02. The van der Waals surface area contributed by atoms with Crippen LogP contribution >= 0.6 is 15.9 Å². The number of carbonyl (C=O) groups is 2. The number of hydrogen-bond donors (Lipinski definition) is 2. The molecule has 0 spiro atoms. The average Bonchev–Trinajstić information content (AvgIpc) is 3.48. The van der Waals surface area contributed by atoms with Gasteiger partial charge in [-0.15, -0.1) is 0 Å². The van der Waals surface area contributed by atoms with Crippen LogP contribution in [0.25, 0.3) is 33.1 Å². The van der Waals surface area contributed by atoms with Crippen molar-refractivity contribution < 1.29 is 9.59 Å². The molecule has 10 heteroatoms. The van der Waals surface area contributed by atoms with Crippen LogP contribution in [0.15, 0.2) is 77.7 Å². The van der Waals surface area contributed by atoms with E-state index in [2.05, 4.69) is 36.2 Å². The van der Waals surface area contributed by atoms with Crippen LogP contribution in [-0.2, 0) is 16.1 Å². The Morgan fingerprint density at radius 1 is 1.00 bits per heavy atom. The zero-order valence-corrected chi connectivity index (χ0v) is 22.4. The first kappa shape index (κ1) is 23.8. The Labute approximate surface area is 232 Å². The normalized spacial score (nSPS) is 19.8. The third-order valence-electron chi connectivity index (χ3n) is 7.73. The first-order chi connectivity index (χ1) is 19.0. The first-order valence-corrected chi connectivity index (χ1v) is 13.6. The van der Waals surface area contributed by atoms with Gasteiger partial charge in [-0.1, -0.05) is 54.6 Å². The predicted octanol–water partition coefficient (Wildman–Crippen LogP) is 4.62. The van der Waals surface area contributed by atoms with E-state index < -0.39 is 6.04 Å². The van der Waals surface area contributed by atoms with Gasteiger partial charge in [0.2, 0.25) is 11.8 Å². The monoisotopic (exact) mass is 581 g/mol. The predicted molar refractivity (Wildman–Crippen MR) is 153 cm³/mol. The van der Waals surface area contributed by atoms with Crippen molar-refractivity contribution in [3.63, 3.8) is 0 Å². The highest BCUT2D eigenvalue weighted by molar-refractivity contribution is 9.10. The summed E-state index contributed by atoms with van der Waals surface area (Å²) in [5.74, 6) is 0.810. The van der Waals surface area contributed by atoms with Gasteiger partial charge in [-0.05, 0) is 52.4 Å². The Hall–Kier alpha value is -4.31. The number of anilines is 2. The number of likely N-dealkylation sites (tertiary alicyclic amines) is 1. The molecule has 3 N–H and O–H groups in total. The smallest absolute Gasteiger partial charge is 0.248 e. The zero-order chi connectivity index (χ0) is 26.7. The highest BCUT2D eigenvalue weighted by Crippen LogP contribution is 2.48. The van der Waals surface area contributed by atoms with Crippen molar-refractivity contribution in [2.24, 2.45) is 5.92 Å². The van der Waals surface area contributed by atoms with Crippen molar-refractivity contribution in [3.05, 3.63) is 77.7 Å². The van der Waals surface area contributed by atoms with Crippen LogP contribution in [0.3, 0.4) is 0 Å². The Bertz CT molecular complexity index is 1770. The van der Waals surface area contributed by atoms with Gasteiger partial charge in [-0.3, -0.25) is 9.59 Å². The molecule has 4 heterocycles. The second-order valence-corrected chi connectivity index (χ2v) is 10.9. The number of aromatic nitrogens is 4. The summed E-state index contributed by atoms with van der Waals surface area (Å²) in [7, 11) is 0. The fourth-order valence-corrected chi connectivity index (χ4v) is 6.30. The number of rotatable bonds is 5. The van der Waals surface area contributed by atoms with Crippen LogP contribution in [-0.4, -0.2) is 48.3 Å². The molecule has 2 aromatic carbocycles. The SMILES string of the molecule is Nc1ncnc2c1c1cccc(-c3ccccc3)c1n2CC(=O)N1C2C[C@@H]2C[C@H]1C(=O)Nc1cccc(Br)n1. The molecule has 3 aromatic heterocycles. The number of halogens is 1. The topological polar surface area (TPSA) is 119 Å². The van der Waals surface area contributed by atoms with E-state index in [9.17, 15) is 9.59 Å². The molecule has 2 fully saturated rings. The summed E-state index contributed by atoms with van der Waals surface area (Å²) >= 11 is 3.34. The maximum atomic E-state index is 14.0. The van der Waals surface area contributed by atoms with Crippen LogP contribution in [0.4, 0.5) is 11.6 Å². The van der Waals surface area contributed by atoms with Gasteiger partial charge in [0.1, 0.15) is 40.8 Å². The van der Waals surface area contributed by atoms with E-state index in [4.69, 9.17) is 5.73 Å². The van der Waals surface area contributed by atoms with Gasteiger partial charge < -0.3 is 20.5 Å². The van der Waals surface area contributed by atoms with Crippen LogP contribution in [0.1, 0.15) is 12.8 Å². The second-order valence-electron chi connectivity index (χ2n) is 10.1. The zero-order valence-electron chi connectivity index (χ0n) is 20.8. The average molecular weight is 582 g/mol. The van der Waals surface area contributed by atoms with E-state index in [1.807, 2.05) is 59.2 Å². The molecule has 0 bridgehead atoms. The molecule has 9 nitrogen and oxygen atoms in total. The fraction of sp³-hybridized carbons (Fsp3) is 0.207. The quantitative estimate of drug-likeness (QED) is 0.292. The van der Waals surface area contributed by atoms with E-state index >= 15 is 0 Å². The van der Waals surface area contributed by atoms with E-state index in [-0.39, 0.29) is 24.4 Å². The van der Waals surface area contributed by atoms with Gasteiger partial charge in [0.15, 0.2) is 0 Å². The molecular formula is C29H24BrN7O2. The van der Waals surface area contributed by atoms with E-state index in [1.165, 1.54) is 6.33 Å². The molecule has 0 radical (unpaired) electrons. The Kier molecular flexibility index (Phi) is 5.59. The molecule has 1 unspecified atom stereocenters. The molecule has 2 aliphatic rings. The minimum Gasteiger partial charge on any atom is -0.383 e. The van der Waals surface area contributed by atoms with Crippen LogP contribution < -0.4 is 11.1 Å².